The van der Waals surface area contributed by atoms with Crippen LogP contribution in [-0.4, -0.2) is 49.2 Å². The molecular weight excluding hydrogens is 228 g/mol. The number of carbonyl (C=O) groups is 1. The highest BCUT2D eigenvalue weighted by atomic mass is 16.5. The number of carbonyl (C=O) groups excluding carboxylic acids is 1. The van der Waals surface area contributed by atoms with Crippen LogP contribution in [0.2, 0.25) is 0 Å². The van der Waals surface area contributed by atoms with E-state index in [1.807, 2.05) is 0 Å². The van der Waals surface area contributed by atoms with Gasteiger partial charge in [0.25, 0.3) is 0 Å². The van der Waals surface area contributed by atoms with Crippen LogP contribution in [0.5, 0.6) is 0 Å². The summed E-state index contributed by atoms with van der Waals surface area (Å²) in [7, 11) is 0. The average molecular weight is 252 g/mol. The molecule has 2 aliphatic heterocycles. The van der Waals surface area contributed by atoms with Crippen LogP contribution in [-0.2, 0) is 9.53 Å². The summed E-state index contributed by atoms with van der Waals surface area (Å²) in [6.07, 6.45) is 2.37. The molecular formula is C14H24N2O2. The van der Waals surface area contributed by atoms with Gasteiger partial charge in [-0.2, -0.15) is 0 Å². The molecule has 2 unspecified atom stereocenters. The van der Waals surface area contributed by atoms with E-state index in [4.69, 9.17) is 4.74 Å². The Morgan fingerprint density at radius 2 is 2.00 bits per heavy atom. The molecule has 0 aromatic carbocycles. The third kappa shape index (κ3) is 3.12. The van der Waals surface area contributed by atoms with Crippen LogP contribution in [0.1, 0.15) is 26.7 Å². The van der Waals surface area contributed by atoms with E-state index in [0.29, 0.717) is 36.7 Å². The lowest BCUT2D eigenvalue weighted by molar-refractivity contribution is -0.118. The zero-order chi connectivity index (χ0) is 13.1. The second-order valence-corrected chi connectivity index (χ2v) is 5.80. The first-order chi connectivity index (χ1) is 8.58. The van der Waals surface area contributed by atoms with Gasteiger partial charge >= 0.3 is 0 Å². The molecule has 0 aromatic rings. The Hall–Kier alpha value is -0.870. The first-order valence-corrected chi connectivity index (χ1v) is 6.87. The summed E-state index contributed by atoms with van der Waals surface area (Å²) in [5.41, 5.74) is 0.675. The van der Waals surface area contributed by atoms with Gasteiger partial charge in [0.2, 0.25) is 5.91 Å². The SMILES string of the molecule is C=C(CN1C2CCC1COC2)C(=O)NCC(C)C. The van der Waals surface area contributed by atoms with Gasteiger partial charge in [-0.05, 0) is 18.8 Å². The number of rotatable bonds is 5. The molecule has 102 valence electrons. The van der Waals surface area contributed by atoms with Crippen LogP contribution >= 0.6 is 0 Å². The summed E-state index contributed by atoms with van der Waals surface area (Å²) in [6, 6.07) is 0.969. The Bertz CT molecular complexity index is 312. The zero-order valence-corrected chi connectivity index (χ0v) is 11.4. The van der Waals surface area contributed by atoms with Gasteiger partial charge in [0.05, 0.1) is 13.2 Å². The van der Waals surface area contributed by atoms with Crippen molar-refractivity contribution in [1.82, 2.24) is 10.2 Å². The molecule has 2 bridgehead atoms. The summed E-state index contributed by atoms with van der Waals surface area (Å²) in [6.45, 7) is 11.1. The summed E-state index contributed by atoms with van der Waals surface area (Å²) in [4.78, 5) is 14.3. The smallest absolute Gasteiger partial charge is 0.247 e. The maximum Gasteiger partial charge on any atom is 0.247 e. The van der Waals surface area contributed by atoms with Crippen LogP contribution in [0.4, 0.5) is 0 Å². The summed E-state index contributed by atoms with van der Waals surface area (Å²) >= 11 is 0. The number of fused-ring (bicyclic) bond motifs is 2. The summed E-state index contributed by atoms with van der Waals surface area (Å²) in [5.74, 6) is 0.468. The van der Waals surface area contributed by atoms with E-state index in [1.54, 1.807) is 0 Å². The van der Waals surface area contributed by atoms with Crippen molar-refractivity contribution in [2.45, 2.75) is 38.8 Å². The van der Waals surface area contributed by atoms with Crippen molar-refractivity contribution in [3.05, 3.63) is 12.2 Å². The number of nitrogens with zero attached hydrogens (tertiary/aromatic N) is 1. The molecule has 0 radical (unpaired) electrons. The number of nitrogens with one attached hydrogen (secondary N) is 1. The van der Waals surface area contributed by atoms with Crippen LogP contribution in [0, 0.1) is 5.92 Å². The number of hydrogen-bond donors (Lipinski definition) is 1. The first kappa shape index (κ1) is 13.6. The van der Waals surface area contributed by atoms with Gasteiger partial charge in [0, 0.05) is 30.7 Å². The van der Waals surface area contributed by atoms with Crippen molar-refractivity contribution < 1.29 is 9.53 Å². The molecule has 2 aliphatic rings. The van der Waals surface area contributed by atoms with E-state index in [0.717, 1.165) is 13.2 Å². The lowest BCUT2D eigenvalue weighted by Gasteiger charge is -2.34. The molecule has 1 N–H and O–H groups in total. The molecule has 18 heavy (non-hydrogen) atoms. The standard InChI is InChI=1S/C14H24N2O2/c1-10(2)6-15-14(17)11(3)7-16-12-4-5-13(16)9-18-8-12/h10,12-13H,3-9H2,1-2H3,(H,15,17). The normalized spacial score (nSPS) is 27.5. The third-order valence-electron chi connectivity index (χ3n) is 3.76. The minimum atomic E-state index is -0.00501. The largest absolute Gasteiger partial charge is 0.378 e. The van der Waals surface area contributed by atoms with Crippen molar-refractivity contribution in [2.24, 2.45) is 5.92 Å². The van der Waals surface area contributed by atoms with Crippen LogP contribution in [0.25, 0.3) is 0 Å². The average Bonchev–Trinajstić information content (AvgIpc) is 2.57. The van der Waals surface area contributed by atoms with Gasteiger partial charge in [0.1, 0.15) is 0 Å². The zero-order valence-electron chi connectivity index (χ0n) is 11.4. The first-order valence-electron chi connectivity index (χ1n) is 6.87. The molecule has 0 aliphatic carbocycles. The lowest BCUT2D eigenvalue weighted by atomic mass is 10.2. The highest BCUT2D eigenvalue weighted by Gasteiger charge is 2.37. The number of morpholine rings is 1. The van der Waals surface area contributed by atoms with Crippen molar-refractivity contribution in [3.63, 3.8) is 0 Å². The van der Waals surface area contributed by atoms with E-state index in [1.165, 1.54) is 12.8 Å². The molecule has 0 aromatic heterocycles. The minimum Gasteiger partial charge on any atom is -0.378 e. The Kier molecular flexibility index (Phi) is 4.40. The van der Waals surface area contributed by atoms with Gasteiger partial charge < -0.3 is 10.1 Å². The number of hydrogen-bond acceptors (Lipinski definition) is 3. The monoisotopic (exact) mass is 252 g/mol. The Morgan fingerprint density at radius 3 is 2.56 bits per heavy atom. The third-order valence-corrected chi connectivity index (χ3v) is 3.76. The Morgan fingerprint density at radius 1 is 1.39 bits per heavy atom. The number of ether oxygens (including phenoxy) is 1. The maximum atomic E-state index is 11.9. The fourth-order valence-corrected chi connectivity index (χ4v) is 2.69. The van der Waals surface area contributed by atoms with Crippen molar-refractivity contribution >= 4 is 5.91 Å². The van der Waals surface area contributed by atoms with E-state index >= 15 is 0 Å². The molecule has 0 spiro atoms. The Labute approximate surface area is 109 Å². The van der Waals surface area contributed by atoms with E-state index < -0.39 is 0 Å². The van der Waals surface area contributed by atoms with Crippen molar-refractivity contribution in [3.8, 4) is 0 Å². The fraction of sp³-hybridized carbons (Fsp3) is 0.786. The molecule has 2 rings (SSSR count). The fourth-order valence-electron chi connectivity index (χ4n) is 2.69. The maximum absolute atomic E-state index is 11.9. The predicted molar refractivity (Wildman–Crippen MR) is 71.3 cm³/mol. The predicted octanol–water partition coefficient (Wildman–Crippen LogP) is 1.18. The minimum absolute atomic E-state index is 0.00501. The molecule has 1 amide bonds. The topological polar surface area (TPSA) is 41.6 Å². The van der Waals surface area contributed by atoms with Crippen LogP contribution in [0.3, 0.4) is 0 Å². The van der Waals surface area contributed by atoms with Crippen LogP contribution < -0.4 is 5.32 Å². The van der Waals surface area contributed by atoms with Gasteiger partial charge in [-0.15, -0.1) is 0 Å². The highest BCUT2D eigenvalue weighted by molar-refractivity contribution is 5.93. The molecule has 2 fully saturated rings. The molecule has 2 heterocycles. The molecule has 0 saturated carbocycles. The summed E-state index contributed by atoms with van der Waals surface area (Å²) in [5, 5.41) is 2.93. The molecule has 2 atom stereocenters. The molecule has 2 saturated heterocycles. The van der Waals surface area contributed by atoms with Gasteiger partial charge in [-0.25, -0.2) is 0 Å². The summed E-state index contributed by atoms with van der Waals surface area (Å²) < 4.78 is 5.54. The van der Waals surface area contributed by atoms with Gasteiger partial charge in [0.15, 0.2) is 0 Å². The number of amides is 1. The highest BCUT2D eigenvalue weighted by Crippen LogP contribution is 2.29. The van der Waals surface area contributed by atoms with Gasteiger partial charge in [-0.1, -0.05) is 20.4 Å². The second kappa shape index (κ2) is 5.85. The van der Waals surface area contributed by atoms with Gasteiger partial charge in [-0.3, -0.25) is 9.69 Å². The second-order valence-electron chi connectivity index (χ2n) is 5.80. The van der Waals surface area contributed by atoms with E-state index in [2.05, 4.69) is 30.6 Å². The van der Waals surface area contributed by atoms with E-state index in [9.17, 15) is 4.79 Å². The Balaban J connectivity index is 1.82. The van der Waals surface area contributed by atoms with Crippen molar-refractivity contribution in [1.29, 1.82) is 0 Å². The van der Waals surface area contributed by atoms with E-state index in [-0.39, 0.29) is 5.91 Å². The lowest BCUT2D eigenvalue weighted by Crippen LogP contribution is -2.47. The molecule has 4 heteroatoms. The van der Waals surface area contributed by atoms with Crippen LogP contribution in [0.15, 0.2) is 12.2 Å². The quantitative estimate of drug-likeness (QED) is 0.747. The van der Waals surface area contributed by atoms with Crippen molar-refractivity contribution in [2.75, 3.05) is 26.3 Å². The molecule has 4 nitrogen and oxygen atoms in total.